The van der Waals surface area contributed by atoms with Gasteiger partial charge in [-0.3, -0.25) is 0 Å². The van der Waals surface area contributed by atoms with Gasteiger partial charge in [0.05, 0.1) is 0 Å². The van der Waals surface area contributed by atoms with Gasteiger partial charge in [-0.05, 0) is 89.3 Å². The van der Waals surface area contributed by atoms with Crippen molar-refractivity contribution in [3.63, 3.8) is 0 Å². The van der Waals surface area contributed by atoms with Gasteiger partial charge in [-0.15, -0.1) is 0 Å². The van der Waals surface area contributed by atoms with Gasteiger partial charge >= 0.3 is 0 Å². The maximum absolute atomic E-state index is 2.42. The average Bonchev–Trinajstić information content (AvgIpc) is 3.04. The topological polar surface area (TPSA) is 0 Å². The number of hydrogen-bond acceptors (Lipinski definition) is 1. The molecule has 190 valence electrons. The summed E-state index contributed by atoms with van der Waals surface area (Å²) in [5.41, 5.74) is 7.79. The zero-order chi connectivity index (χ0) is 26.9. The highest BCUT2D eigenvalue weighted by molar-refractivity contribution is 7.99. The third kappa shape index (κ3) is 3.36. The van der Waals surface area contributed by atoms with Gasteiger partial charge in [0.25, 0.3) is 0 Å². The normalized spacial score (nSPS) is 12.3. The number of benzene rings is 8. The minimum absolute atomic E-state index is 1.25. The minimum Gasteiger partial charge on any atom is -0.0888 e. The largest absolute Gasteiger partial charge is 0.0888 e. The number of hydrogen-bond donors (Lipinski definition) is 0. The van der Waals surface area contributed by atoms with E-state index in [-0.39, 0.29) is 0 Å². The van der Waals surface area contributed by atoms with Crippen molar-refractivity contribution in [2.75, 3.05) is 0 Å². The Balaban J connectivity index is 1.41. The van der Waals surface area contributed by atoms with Crippen LogP contribution in [0.4, 0.5) is 0 Å². The van der Waals surface area contributed by atoms with Crippen LogP contribution in [0, 0.1) is 0 Å². The Hall–Kier alpha value is -4.85. The van der Waals surface area contributed by atoms with E-state index in [1.165, 1.54) is 86.3 Å². The van der Waals surface area contributed by atoms with Gasteiger partial charge in [-0.1, -0.05) is 139 Å². The first kappa shape index (κ1) is 22.9. The van der Waals surface area contributed by atoms with Crippen LogP contribution in [0.15, 0.2) is 155 Å². The molecule has 41 heavy (non-hydrogen) atoms. The van der Waals surface area contributed by atoms with Gasteiger partial charge in [0.1, 0.15) is 0 Å². The van der Waals surface area contributed by atoms with Gasteiger partial charge < -0.3 is 0 Å². The lowest BCUT2D eigenvalue weighted by Gasteiger charge is -2.22. The summed E-state index contributed by atoms with van der Waals surface area (Å²) in [6.45, 7) is 0. The molecule has 1 heterocycles. The van der Waals surface area contributed by atoms with Crippen molar-refractivity contribution in [1.82, 2.24) is 0 Å². The predicted octanol–water partition coefficient (Wildman–Crippen LogP) is 11.8. The maximum atomic E-state index is 2.42. The average molecular weight is 537 g/mol. The van der Waals surface area contributed by atoms with E-state index >= 15 is 0 Å². The van der Waals surface area contributed by atoms with Crippen LogP contribution in [-0.2, 0) is 0 Å². The van der Waals surface area contributed by atoms with Gasteiger partial charge in [0, 0.05) is 15.2 Å². The smallest absolute Gasteiger partial charge is 0.0207 e. The van der Waals surface area contributed by atoms with Gasteiger partial charge in [0.15, 0.2) is 0 Å². The number of fused-ring (bicyclic) bond motifs is 6. The molecule has 0 saturated heterocycles. The predicted molar refractivity (Wildman–Crippen MR) is 177 cm³/mol. The van der Waals surface area contributed by atoms with Crippen LogP contribution in [0.1, 0.15) is 0 Å². The molecule has 9 rings (SSSR count). The van der Waals surface area contributed by atoms with E-state index in [1.54, 1.807) is 0 Å². The van der Waals surface area contributed by atoms with Crippen LogP contribution in [0.5, 0.6) is 0 Å². The van der Waals surface area contributed by atoms with E-state index in [0.29, 0.717) is 0 Å². The highest BCUT2D eigenvalue weighted by Gasteiger charge is 2.22. The first-order valence-corrected chi connectivity index (χ1v) is 14.9. The van der Waals surface area contributed by atoms with Crippen molar-refractivity contribution in [3.8, 4) is 33.4 Å². The SMILES string of the molecule is c1ccc(-c2c3cccc(-c4ccc5c6c(cccc46)-c4ccccc4S5)c3cc3ccc4ccccc4c23)cc1. The van der Waals surface area contributed by atoms with Crippen molar-refractivity contribution in [2.24, 2.45) is 0 Å². The Morgan fingerprint density at radius 2 is 1.02 bits per heavy atom. The fourth-order valence-corrected chi connectivity index (χ4v) is 8.00. The summed E-state index contributed by atoms with van der Waals surface area (Å²) in [5, 5.41) is 10.4. The lowest BCUT2D eigenvalue weighted by atomic mass is 9.85. The van der Waals surface area contributed by atoms with Crippen LogP contribution in [-0.4, -0.2) is 0 Å². The van der Waals surface area contributed by atoms with Crippen molar-refractivity contribution < 1.29 is 0 Å². The van der Waals surface area contributed by atoms with Gasteiger partial charge in [0.2, 0.25) is 0 Å². The van der Waals surface area contributed by atoms with Crippen LogP contribution >= 0.6 is 11.8 Å². The summed E-state index contributed by atoms with van der Waals surface area (Å²) >= 11 is 1.89. The highest BCUT2D eigenvalue weighted by Crippen LogP contribution is 2.50. The Labute approximate surface area is 242 Å². The van der Waals surface area contributed by atoms with Gasteiger partial charge in [-0.2, -0.15) is 0 Å². The highest BCUT2D eigenvalue weighted by atomic mass is 32.2. The first-order chi connectivity index (χ1) is 20.3. The Kier molecular flexibility index (Phi) is 4.93. The van der Waals surface area contributed by atoms with E-state index in [1.807, 2.05) is 11.8 Å². The second kappa shape index (κ2) is 8.83. The third-order valence-corrected chi connectivity index (χ3v) is 9.77. The molecule has 8 aromatic rings. The standard InChI is InChI=1S/C40H24S/c1-2-11-26(12-3-1)38-34-18-8-15-29(35(34)24-27-21-20-25-10-4-5-13-28(25)39(27)38)30-22-23-37-40-32(30)16-9-17-33(40)31-14-6-7-19-36(31)41-37/h1-24H. The lowest BCUT2D eigenvalue weighted by Crippen LogP contribution is -1.94. The Bertz CT molecular complexity index is 2330. The van der Waals surface area contributed by atoms with Crippen LogP contribution in [0.25, 0.3) is 76.5 Å². The molecule has 1 heteroatoms. The molecule has 0 nitrogen and oxygen atoms in total. The fraction of sp³-hybridized carbons (Fsp3) is 0. The van der Waals surface area contributed by atoms with E-state index in [0.717, 1.165) is 0 Å². The van der Waals surface area contributed by atoms with E-state index in [9.17, 15) is 0 Å². The second-order valence-corrected chi connectivity index (χ2v) is 11.9. The first-order valence-electron chi connectivity index (χ1n) is 14.1. The molecule has 0 aromatic heterocycles. The molecule has 0 saturated carbocycles. The van der Waals surface area contributed by atoms with Crippen molar-refractivity contribution in [1.29, 1.82) is 0 Å². The summed E-state index contributed by atoms with van der Waals surface area (Å²) in [4.78, 5) is 2.66. The zero-order valence-electron chi connectivity index (χ0n) is 22.3. The molecule has 1 aliphatic heterocycles. The lowest BCUT2D eigenvalue weighted by molar-refractivity contribution is 1.40. The summed E-state index contributed by atoms with van der Waals surface area (Å²) in [7, 11) is 0. The van der Waals surface area contributed by atoms with Crippen LogP contribution in [0.3, 0.4) is 0 Å². The third-order valence-electron chi connectivity index (χ3n) is 8.64. The molecule has 0 fully saturated rings. The molecule has 1 aliphatic rings. The zero-order valence-corrected chi connectivity index (χ0v) is 23.1. The van der Waals surface area contributed by atoms with E-state index < -0.39 is 0 Å². The maximum Gasteiger partial charge on any atom is 0.0207 e. The number of rotatable bonds is 2. The van der Waals surface area contributed by atoms with E-state index in [4.69, 9.17) is 0 Å². The molecule has 0 spiro atoms. The quantitative estimate of drug-likeness (QED) is 0.156. The molecule has 8 aromatic carbocycles. The van der Waals surface area contributed by atoms with Crippen LogP contribution in [0.2, 0.25) is 0 Å². The fourth-order valence-electron chi connectivity index (χ4n) is 6.87. The van der Waals surface area contributed by atoms with Gasteiger partial charge in [-0.25, -0.2) is 0 Å². The van der Waals surface area contributed by atoms with Crippen molar-refractivity contribution in [3.05, 3.63) is 146 Å². The van der Waals surface area contributed by atoms with Crippen molar-refractivity contribution in [2.45, 2.75) is 9.79 Å². The molecule has 0 bridgehead atoms. The molecule has 0 atom stereocenters. The summed E-state index contributed by atoms with van der Waals surface area (Å²) in [6.07, 6.45) is 0. The molecular formula is C40H24S. The summed E-state index contributed by atoms with van der Waals surface area (Å²) < 4.78 is 0. The monoisotopic (exact) mass is 536 g/mol. The molecule has 0 unspecified atom stereocenters. The minimum atomic E-state index is 1.25. The Morgan fingerprint density at radius 1 is 0.341 bits per heavy atom. The summed E-state index contributed by atoms with van der Waals surface area (Å²) in [5.74, 6) is 0. The molecule has 0 radical (unpaired) electrons. The van der Waals surface area contributed by atoms with E-state index in [2.05, 4.69) is 146 Å². The molecule has 0 aliphatic carbocycles. The van der Waals surface area contributed by atoms with Crippen molar-refractivity contribution >= 4 is 54.9 Å². The molecule has 0 amide bonds. The summed E-state index contributed by atoms with van der Waals surface area (Å²) in [6, 6.07) is 53.7. The second-order valence-electron chi connectivity index (χ2n) is 10.8. The molecular weight excluding hydrogens is 513 g/mol. The molecule has 0 N–H and O–H groups in total. The Morgan fingerprint density at radius 3 is 1.95 bits per heavy atom. The van der Waals surface area contributed by atoms with Crippen LogP contribution < -0.4 is 0 Å².